The summed E-state index contributed by atoms with van der Waals surface area (Å²) in [6.07, 6.45) is 4.34. The Hall–Kier alpha value is -2.17. The molecule has 116 valence electrons. The third-order valence-electron chi connectivity index (χ3n) is 4.06. The van der Waals surface area contributed by atoms with E-state index < -0.39 is 0 Å². The molecule has 22 heavy (non-hydrogen) atoms. The predicted molar refractivity (Wildman–Crippen MR) is 81.3 cm³/mol. The van der Waals surface area contributed by atoms with E-state index in [9.17, 15) is 4.79 Å². The number of esters is 1. The Morgan fingerprint density at radius 1 is 1.27 bits per heavy atom. The molecule has 2 aromatic rings. The van der Waals surface area contributed by atoms with Crippen molar-refractivity contribution in [2.24, 2.45) is 5.92 Å². The van der Waals surface area contributed by atoms with Gasteiger partial charge in [-0.25, -0.2) is 4.79 Å². The van der Waals surface area contributed by atoms with Crippen LogP contribution in [0.2, 0.25) is 0 Å². The van der Waals surface area contributed by atoms with E-state index in [1.165, 1.54) is 6.42 Å². The molecule has 0 saturated heterocycles. The fourth-order valence-corrected chi connectivity index (χ4v) is 2.87. The number of ether oxygens (including phenoxy) is 1. The molecule has 1 aliphatic carbocycles. The molecule has 0 radical (unpaired) electrons. The van der Waals surface area contributed by atoms with Gasteiger partial charge in [0.15, 0.2) is 5.82 Å². The lowest BCUT2D eigenvalue weighted by Crippen LogP contribution is -2.24. The predicted octanol–water partition coefficient (Wildman–Crippen LogP) is 3.78. The van der Waals surface area contributed by atoms with Gasteiger partial charge in [-0.3, -0.25) is 0 Å². The van der Waals surface area contributed by atoms with E-state index in [4.69, 9.17) is 9.26 Å². The van der Waals surface area contributed by atoms with Crippen LogP contribution in [-0.4, -0.2) is 22.2 Å². The van der Waals surface area contributed by atoms with E-state index in [0.29, 0.717) is 23.2 Å². The minimum Gasteiger partial charge on any atom is -0.459 e. The van der Waals surface area contributed by atoms with Crippen LogP contribution in [0.5, 0.6) is 0 Å². The van der Waals surface area contributed by atoms with Gasteiger partial charge in [0.2, 0.25) is 0 Å². The number of carbonyl (C=O) groups excluding carboxylic acids is 1. The maximum Gasteiger partial charge on any atom is 0.338 e. The van der Waals surface area contributed by atoms with Gasteiger partial charge in [-0.15, -0.1) is 0 Å². The van der Waals surface area contributed by atoms with Crippen LogP contribution in [0, 0.1) is 12.8 Å². The lowest BCUT2D eigenvalue weighted by atomic mass is 9.89. The van der Waals surface area contributed by atoms with Gasteiger partial charge in [-0.2, -0.15) is 4.98 Å². The minimum absolute atomic E-state index is 0.0505. The molecule has 1 aromatic heterocycles. The number of aromatic nitrogens is 2. The number of hydrogen-bond donors (Lipinski definition) is 0. The lowest BCUT2D eigenvalue weighted by Gasteiger charge is -2.26. The molecule has 2 atom stereocenters. The first-order chi connectivity index (χ1) is 10.6. The molecule has 0 aliphatic heterocycles. The van der Waals surface area contributed by atoms with Crippen molar-refractivity contribution in [3.05, 3.63) is 35.7 Å². The molecule has 0 amide bonds. The number of benzene rings is 1. The van der Waals surface area contributed by atoms with Gasteiger partial charge in [-0.1, -0.05) is 18.5 Å². The molecule has 2 unspecified atom stereocenters. The van der Waals surface area contributed by atoms with Crippen molar-refractivity contribution < 1.29 is 14.1 Å². The molecule has 5 heteroatoms. The van der Waals surface area contributed by atoms with Crippen molar-refractivity contribution >= 4 is 5.97 Å². The SMILES string of the molecule is Cc1noc(-c2ccc(C(=O)OC3CCCC(C)C3)cc2)n1. The molecule has 5 nitrogen and oxygen atoms in total. The Kier molecular flexibility index (Phi) is 4.22. The van der Waals surface area contributed by atoms with Crippen molar-refractivity contribution in [2.75, 3.05) is 0 Å². The van der Waals surface area contributed by atoms with Gasteiger partial charge >= 0.3 is 5.97 Å². The second-order valence-electron chi connectivity index (χ2n) is 6.02. The zero-order valence-electron chi connectivity index (χ0n) is 12.9. The van der Waals surface area contributed by atoms with Crippen molar-refractivity contribution in [1.29, 1.82) is 0 Å². The van der Waals surface area contributed by atoms with Gasteiger partial charge in [0, 0.05) is 5.56 Å². The maximum absolute atomic E-state index is 12.2. The van der Waals surface area contributed by atoms with Crippen LogP contribution in [0.15, 0.2) is 28.8 Å². The van der Waals surface area contributed by atoms with Gasteiger partial charge in [0.1, 0.15) is 6.10 Å². The topological polar surface area (TPSA) is 65.2 Å². The summed E-state index contributed by atoms with van der Waals surface area (Å²) < 4.78 is 10.7. The monoisotopic (exact) mass is 300 g/mol. The third-order valence-corrected chi connectivity index (χ3v) is 4.06. The summed E-state index contributed by atoms with van der Waals surface area (Å²) in [4.78, 5) is 16.4. The molecule has 1 aliphatic rings. The minimum atomic E-state index is -0.257. The Balaban J connectivity index is 1.66. The quantitative estimate of drug-likeness (QED) is 0.807. The van der Waals surface area contributed by atoms with Gasteiger partial charge in [-0.05, 0) is 56.4 Å². The molecule has 1 saturated carbocycles. The number of carbonyl (C=O) groups is 1. The van der Waals surface area contributed by atoms with Gasteiger partial charge in [0.25, 0.3) is 5.89 Å². The van der Waals surface area contributed by atoms with Crippen molar-refractivity contribution in [3.8, 4) is 11.5 Å². The molecule has 1 aromatic carbocycles. The fraction of sp³-hybridized carbons (Fsp3) is 0.471. The molecule has 1 fully saturated rings. The molecule has 0 bridgehead atoms. The lowest BCUT2D eigenvalue weighted by molar-refractivity contribution is 0.0155. The summed E-state index contributed by atoms with van der Waals surface area (Å²) in [5.74, 6) is 1.42. The van der Waals surface area contributed by atoms with E-state index in [1.807, 2.05) is 0 Å². The highest BCUT2D eigenvalue weighted by Gasteiger charge is 2.22. The van der Waals surface area contributed by atoms with Crippen LogP contribution >= 0.6 is 0 Å². The van der Waals surface area contributed by atoms with Crippen LogP contribution in [0.1, 0.15) is 48.8 Å². The largest absolute Gasteiger partial charge is 0.459 e. The van der Waals surface area contributed by atoms with Gasteiger partial charge in [0.05, 0.1) is 5.56 Å². The number of nitrogens with zero attached hydrogens (tertiary/aromatic N) is 2. The fourth-order valence-electron chi connectivity index (χ4n) is 2.87. The Bertz CT molecular complexity index is 648. The summed E-state index contributed by atoms with van der Waals surface area (Å²) in [6.45, 7) is 3.98. The smallest absolute Gasteiger partial charge is 0.338 e. The summed E-state index contributed by atoms with van der Waals surface area (Å²) in [5.41, 5.74) is 1.35. The summed E-state index contributed by atoms with van der Waals surface area (Å²) in [5, 5.41) is 3.76. The Morgan fingerprint density at radius 2 is 2.05 bits per heavy atom. The van der Waals surface area contributed by atoms with Crippen LogP contribution in [0.3, 0.4) is 0 Å². The Morgan fingerprint density at radius 3 is 2.68 bits per heavy atom. The van der Waals surface area contributed by atoms with Gasteiger partial charge < -0.3 is 9.26 Å². The van der Waals surface area contributed by atoms with Crippen molar-refractivity contribution in [2.45, 2.75) is 45.6 Å². The Labute approximate surface area is 129 Å². The summed E-state index contributed by atoms with van der Waals surface area (Å²) in [6, 6.07) is 7.08. The first kappa shape index (κ1) is 14.8. The number of rotatable bonds is 3. The zero-order chi connectivity index (χ0) is 15.5. The van der Waals surface area contributed by atoms with Crippen LogP contribution in [0.25, 0.3) is 11.5 Å². The first-order valence-corrected chi connectivity index (χ1v) is 7.73. The highest BCUT2D eigenvalue weighted by Crippen LogP contribution is 2.26. The average Bonchev–Trinajstić information content (AvgIpc) is 2.94. The molecule has 3 rings (SSSR count). The molecular weight excluding hydrogens is 280 g/mol. The maximum atomic E-state index is 12.2. The highest BCUT2D eigenvalue weighted by molar-refractivity contribution is 5.90. The normalized spacial score (nSPS) is 21.5. The van der Waals surface area contributed by atoms with E-state index in [0.717, 1.165) is 24.8 Å². The highest BCUT2D eigenvalue weighted by atomic mass is 16.5. The number of aryl methyl sites for hydroxylation is 1. The molecule has 0 N–H and O–H groups in total. The second kappa shape index (κ2) is 6.30. The van der Waals surface area contributed by atoms with E-state index in [-0.39, 0.29) is 12.1 Å². The summed E-state index contributed by atoms with van der Waals surface area (Å²) in [7, 11) is 0. The molecule has 1 heterocycles. The van der Waals surface area contributed by atoms with Crippen LogP contribution in [-0.2, 0) is 4.74 Å². The summed E-state index contributed by atoms with van der Waals surface area (Å²) >= 11 is 0. The van der Waals surface area contributed by atoms with Crippen LogP contribution < -0.4 is 0 Å². The van der Waals surface area contributed by atoms with Crippen molar-refractivity contribution in [1.82, 2.24) is 10.1 Å². The van der Waals surface area contributed by atoms with E-state index in [1.54, 1.807) is 31.2 Å². The van der Waals surface area contributed by atoms with E-state index >= 15 is 0 Å². The number of hydrogen-bond acceptors (Lipinski definition) is 5. The molecular formula is C17H20N2O3. The third kappa shape index (κ3) is 3.35. The van der Waals surface area contributed by atoms with Crippen LogP contribution in [0.4, 0.5) is 0 Å². The zero-order valence-corrected chi connectivity index (χ0v) is 12.9. The second-order valence-corrected chi connectivity index (χ2v) is 6.02. The first-order valence-electron chi connectivity index (χ1n) is 7.73. The standard InChI is InChI=1S/C17H20N2O3/c1-11-4-3-5-15(10-11)21-17(20)14-8-6-13(7-9-14)16-18-12(2)19-22-16/h6-9,11,15H,3-5,10H2,1-2H3. The van der Waals surface area contributed by atoms with Crippen molar-refractivity contribution in [3.63, 3.8) is 0 Å². The molecule has 0 spiro atoms. The average molecular weight is 300 g/mol. The van der Waals surface area contributed by atoms with E-state index in [2.05, 4.69) is 17.1 Å².